The van der Waals surface area contributed by atoms with Crippen LogP contribution >= 0.6 is 0 Å². The predicted octanol–water partition coefficient (Wildman–Crippen LogP) is 5.52. The number of hydrogen-bond donors (Lipinski definition) is 1. The van der Waals surface area contributed by atoms with Crippen LogP contribution in [0.25, 0.3) is 0 Å². The van der Waals surface area contributed by atoms with Crippen molar-refractivity contribution in [3.8, 4) is 5.75 Å². The van der Waals surface area contributed by atoms with Crippen LogP contribution in [0.3, 0.4) is 0 Å². The van der Waals surface area contributed by atoms with Crippen molar-refractivity contribution in [1.82, 2.24) is 4.90 Å². The second-order valence-corrected chi connectivity index (χ2v) is 20.2. The summed E-state index contributed by atoms with van der Waals surface area (Å²) in [6.45, 7) is 7.68. The van der Waals surface area contributed by atoms with Crippen molar-refractivity contribution in [2.45, 2.75) is 94.8 Å². The van der Waals surface area contributed by atoms with E-state index >= 15 is 0 Å². The zero-order valence-electron chi connectivity index (χ0n) is 30.6. The van der Waals surface area contributed by atoms with Gasteiger partial charge in [-0.1, -0.05) is 74.4 Å². The fourth-order valence-electron chi connectivity index (χ4n) is 9.54. The third-order valence-electron chi connectivity index (χ3n) is 12.3. The Labute approximate surface area is 302 Å². The van der Waals surface area contributed by atoms with Crippen LogP contribution in [-0.4, -0.2) is 75.3 Å². The second kappa shape index (κ2) is 13.9. The van der Waals surface area contributed by atoms with Gasteiger partial charge in [-0.15, -0.1) is 0 Å². The number of rotatable bonds is 7. The highest BCUT2D eigenvalue weighted by atomic mass is 28.3. The predicted molar refractivity (Wildman–Crippen MR) is 201 cm³/mol. The lowest BCUT2D eigenvalue weighted by Crippen LogP contribution is -2.52. The number of fused-ring (bicyclic) bond motifs is 3. The number of ether oxygens (including phenoxy) is 2. The van der Waals surface area contributed by atoms with Crippen LogP contribution in [0.2, 0.25) is 18.6 Å². The van der Waals surface area contributed by atoms with E-state index in [-0.39, 0.29) is 48.3 Å². The summed E-state index contributed by atoms with van der Waals surface area (Å²) in [6, 6.07) is 21.9. The van der Waals surface area contributed by atoms with Crippen molar-refractivity contribution < 1.29 is 29.0 Å². The van der Waals surface area contributed by atoms with E-state index < -0.39 is 19.8 Å². The Balaban J connectivity index is 1.30. The topological polar surface area (TPSA) is 99.6 Å². The van der Waals surface area contributed by atoms with Crippen molar-refractivity contribution in [1.29, 1.82) is 0 Å². The standard InChI is InChI=1S/C41H51N3O6Si/c1-27-39(51(4,5)33-18-16-32(49-3)17-19-33)36(24-38(47)44-25-29-13-10-9-12-28(29)22-31(44)26-45)50-41(27)34-23-30(15-20-35(34)42(2)40(41)48)43-21-11-7-6-8-14-37(43)46/h9-10,12-13,15-20,23,27,31,36,39,45H,6-8,11,14,21-22,24-26H2,1-5H3/t27-,31+,36+,39-,41+/m1/s1. The van der Waals surface area contributed by atoms with Crippen molar-refractivity contribution in [2.75, 3.05) is 37.1 Å². The van der Waals surface area contributed by atoms with Crippen molar-refractivity contribution in [2.24, 2.45) is 5.92 Å². The van der Waals surface area contributed by atoms with E-state index in [1.54, 1.807) is 19.1 Å². The van der Waals surface area contributed by atoms with Crippen molar-refractivity contribution in [3.63, 3.8) is 0 Å². The first kappa shape index (κ1) is 35.4. The minimum atomic E-state index is -2.48. The van der Waals surface area contributed by atoms with E-state index in [4.69, 9.17) is 9.47 Å². The first-order chi connectivity index (χ1) is 24.5. The van der Waals surface area contributed by atoms with Gasteiger partial charge in [0.25, 0.3) is 5.91 Å². The minimum Gasteiger partial charge on any atom is -0.497 e. The van der Waals surface area contributed by atoms with Gasteiger partial charge in [-0.05, 0) is 66.3 Å². The average Bonchev–Trinajstić information content (AvgIpc) is 3.54. The van der Waals surface area contributed by atoms with Gasteiger partial charge in [0, 0.05) is 43.7 Å². The highest BCUT2D eigenvalue weighted by molar-refractivity contribution is 6.91. The Morgan fingerprint density at radius 2 is 1.73 bits per heavy atom. The number of hydrogen-bond acceptors (Lipinski definition) is 6. The quantitative estimate of drug-likeness (QED) is 0.325. The minimum absolute atomic E-state index is 0.0821. The molecular weight excluding hydrogens is 659 g/mol. The molecule has 2 saturated heterocycles. The van der Waals surface area contributed by atoms with Crippen LogP contribution in [0.4, 0.5) is 11.4 Å². The molecule has 0 unspecified atom stereocenters. The zero-order chi connectivity index (χ0) is 36.1. The van der Waals surface area contributed by atoms with Gasteiger partial charge in [0.2, 0.25) is 11.8 Å². The number of aliphatic hydroxyl groups is 1. The van der Waals surface area contributed by atoms with Gasteiger partial charge in [0.15, 0.2) is 5.60 Å². The Bertz CT molecular complexity index is 1810. The maximum Gasteiger partial charge on any atom is 0.264 e. The first-order valence-corrected chi connectivity index (χ1v) is 21.6. The maximum atomic E-state index is 14.7. The van der Waals surface area contributed by atoms with E-state index in [9.17, 15) is 19.5 Å². The largest absolute Gasteiger partial charge is 0.497 e. The molecule has 1 N–H and O–H groups in total. The molecule has 0 bridgehead atoms. The molecule has 5 atom stereocenters. The molecule has 3 aromatic carbocycles. The molecule has 3 aromatic rings. The van der Waals surface area contributed by atoms with Gasteiger partial charge < -0.3 is 29.3 Å². The third-order valence-corrected chi connectivity index (χ3v) is 16.7. The fourth-order valence-corrected chi connectivity index (χ4v) is 13.6. The fraction of sp³-hybridized carbons (Fsp3) is 0.488. The van der Waals surface area contributed by atoms with Gasteiger partial charge in [-0.25, -0.2) is 0 Å². The smallest absolute Gasteiger partial charge is 0.264 e. The monoisotopic (exact) mass is 709 g/mol. The van der Waals surface area contributed by atoms with Gasteiger partial charge >= 0.3 is 0 Å². The van der Waals surface area contributed by atoms with Crippen LogP contribution in [0.15, 0.2) is 66.7 Å². The molecule has 0 aliphatic carbocycles. The van der Waals surface area contributed by atoms with Gasteiger partial charge in [0.1, 0.15) is 5.75 Å². The molecule has 51 heavy (non-hydrogen) atoms. The number of benzene rings is 3. The third kappa shape index (κ3) is 5.99. The van der Waals surface area contributed by atoms with Gasteiger partial charge in [-0.3, -0.25) is 14.4 Å². The molecule has 2 fully saturated rings. The molecule has 3 amide bonds. The molecular formula is C41H51N3O6Si. The second-order valence-electron chi connectivity index (χ2n) is 15.5. The highest BCUT2D eigenvalue weighted by Crippen LogP contribution is 2.60. The lowest BCUT2D eigenvalue weighted by Gasteiger charge is -2.39. The number of carbonyl (C=O) groups excluding carboxylic acids is 3. The van der Waals surface area contributed by atoms with E-state index in [0.717, 1.165) is 59.5 Å². The SMILES string of the molecule is COc1ccc([Si](C)(C)[C@H]2[C@H](CC(=O)N3Cc4ccccc4C[C@H]3CO)O[C@@]3(C(=O)N(C)c4ccc(N5CCCCCCC5=O)cc43)[C@@H]2C)cc1. The van der Waals surface area contributed by atoms with Gasteiger partial charge in [0.05, 0.1) is 46.0 Å². The summed E-state index contributed by atoms with van der Waals surface area (Å²) in [6.07, 6.45) is 4.61. The van der Waals surface area contributed by atoms with E-state index in [0.29, 0.717) is 25.9 Å². The summed E-state index contributed by atoms with van der Waals surface area (Å²) >= 11 is 0. The average molecular weight is 710 g/mol. The summed E-state index contributed by atoms with van der Waals surface area (Å²) in [7, 11) is 0.972. The first-order valence-electron chi connectivity index (χ1n) is 18.5. The Morgan fingerprint density at radius 3 is 2.45 bits per heavy atom. The number of nitrogens with zero attached hydrogens (tertiary/aromatic N) is 3. The van der Waals surface area contributed by atoms with Crippen LogP contribution in [-0.2, 0) is 37.7 Å². The maximum absolute atomic E-state index is 14.7. The molecule has 10 heteroatoms. The number of amides is 3. The normalized spacial score (nSPS) is 26.6. The molecule has 4 heterocycles. The Morgan fingerprint density at radius 1 is 1.00 bits per heavy atom. The van der Waals surface area contributed by atoms with Gasteiger partial charge in [-0.2, -0.15) is 0 Å². The lowest BCUT2D eigenvalue weighted by atomic mass is 9.82. The van der Waals surface area contributed by atoms with Crippen LogP contribution < -0.4 is 19.7 Å². The lowest BCUT2D eigenvalue weighted by molar-refractivity contribution is -0.150. The van der Waals surface area contributed by atoms with E-state index in [1.165, 1.54) is 5.19 Å². The van der Waals surface area contributed by atoms with Crippen LogP contribution in [0.1, 0.15) is 62.1 Å². The number of likely N-dealkylation sites (N-methyl/N-ethyl adjacent to an activating group) is 1. The Kier molecular flexibility index (Phi) is 9.62. The zero-order valence-corrected chi connectivity index (χ0v) is 31.6. The number of aliphatic hydroxyl groups excluding tert-OH is 1. The van der Waals surface area contributed by atoms with Crippen molar-refractivity contribution in [3.05, 3.63) is 83.4 Å². The molecule has 1 spiro atoms. The summed E-state index contributed by atoms with van der Waals surface area (Å²) in [5, 5.41) is 11.6. The molecule has 0 radical (unpaired) electrons. The summed E-state index contributed by atoms with van der Waals surface area (Å²) in [5.41, 5.74) is 3.15. The summed E-state index contributed by atoms with van der Waals surface area (Å²) < 4.78 is 12.7. The number of methoxy groups -OCH3 is 1. The highest BCUT2D eigenvalue weighted by Gasteiger charge is 2.66. The van der Waals surface area contributed by atoms with Crippen LogP contribution in [0.5, 0.6) is 5.75 Å². The summed E-state index contributed by atoms with van der Waals surface area (Å²) in [5.74, 6) is 0.389. The molecule has 4 aliphatic rings. The molecule has 0 saturated carbocycles. The molecule has 0 aromatic heterocycles. The molecule has 270 valence electrons. The molecule has 9 nitrogen and oxygen atoms in total. The van der Waals surface area contributed by atoms with Crippen LogP contribution in [0, 0.1) is 5.92 Å². The molecule has 4 aliphatic heterocycles. The van der Waals surface area contributed by atoms with E-state index in [2.05, 4.69) is 38.2 Å². The number of carbonyl (C=O) groups is 3. The Hall–Kier alpha value is -3.99. The van der Waals surface area contributed by atoms with Crippen molar-refractivity contribution >= 4 is 42.4 Å². The summed E-state index contributed by atoms with van der Waals surface area (Å²) in [4.78, 5) is 47.9. The number of anilines is 2. The van der Waals surface area contributed by atoms with E-state index in [1.807, 2.05) is 58.3 Å². The molecule has 7 rings (SSSR count).